The molecule has 4 aromatic carbocycles. The molecule has 744 valence electrons. The van der Waals surface area contributed by atoms with Crippen LogP contribution in [0.25, 0.3) is 11.1 Å². The van der Waals surface area contributed by atoms with Crippen molar-refractivity contribution in [2.24, 2.45) is 5.92 Å². The second-order valence-electron chi connectivity index (χ2n) is 33.4. The summed E-state index contributed by atoms with van der Waals surface area (Å²) in [4.78, 5) is 81.9. The van der Waals surface area contributed by atoms with Crippen molar-refractivity contribution in [2.45, 2.75) is 92.3 Å². The maximum Gasteiger partial charge on any atom is 1.00 e. The van der Waals surface area contributed by atoms with Crippen LogP contribution in [0.1, 0.15) is 78.7 Å². The first-order valence-electron chi connectivity index (χ1n) is 42.7. The molecule has 7 fully saturated rings. The minimum atomic E-state index is -4.47. The zero-order valence-electron chi connectivity index (χ0n) is 77.1. The number of alkyl halides is 3. The average molecular weight is 2310 g/mol. The number of aliphatic carboxylic acids is 1. The molecule has 45 heteroatoms. The number of carboxylic acid groups (broad SMARTS) is 1. The number of nitrogens with zero attached hydrogens (tertiary/aromatic N) is 10. The number of hydrogen-bond donors (Lipinski definition) is 7. The molecular weight excluding hydrogens is 2210 g/mol. The number of nitrogens with one attached hydrogen (secondary N) is 3. The van der Waals surface area contributed by atoms with Crippen molar-refractivity contribution in [3.63, 3.8) is 0 Å². The molecule has 12 aromatic rings. The monoisotopic (exact) mass is 2300 g/mol. The molecule has 7 aliphatic rings. The Morgan fingerprint density at radius 3 is 1.11 bits per heavy atom. The van der Waals surface area contributed by atoms with Gasteiger partial charge in [0.25, 0.3) is 0 Å². The Hall–Kier alpha value is -10.8. The number of carbonyl (C=O) groups is 4. The Kier molecular flexibility index (Phi) is 42.4. The number of nitriles is 2. The Morgan fingerprint density at radius 1 is 0.455 bits per heavy atom. The SMILES string of the molecule is CC1(C)OB(c2ccc(C3(C(=O)Nc4ccc(F)cc4)COC3)nc2)OC1(C)C.Cc1cc(CO)c(-c2ccc(C3(C(=O)Nc4ccc(F)cc4)COC3)nc2)cn1.Fc1ccc(Br)cn1.N#CC1(c2ccc(Br)cn2)COC1.N#CC1COC1.Nc1ccc(F)cc1.O=C(Nc1ccc(F)cc1)C1(c2ccc(Br)cn2)COC1.O=C(O)C1(c2ccc(Br)cn2)COC1.OCc1cc(C(F)(F)F)ncc1Br.[Na+].[OH-]. The molecule has 8 aromatic heterocycles. The number of aliphatic hydroxyl groups excluding tert-OH is 2. The van der Waals surface area contributed by atoms with Gasteiger partial charge < -0.3 is 80.2 Å². The van der Waals surface area contributed by atoms with E-state index in [1.165, 1.54) is 109 Å². The third-order valence-electron chi connectivity index (χ3n) is 22.8. The minimum absolute atomic E-state index is 0. The Labute approximate surface area is 880 Å². The van der Waals surface area contributed by atoms with E-state index in [1.54, 1.807) is 67.5 Å². The van der Waals surface area contributed by atoms with Gasteiger partial charge >= 0.3 is 48.8 Å². The number of aryl methyl sites for hydroxylation is 1. The van der Waals surface area contributed by atoms with E-state index in [4.69, 9.17) is 64.2 Å². The van der Waals surface area contributed by atoms with E-state index >= 15 is 0 Å². The van der Waals surface area contributed by atoms with Gasteiger partial charge in [-0.25, -0.2) is 22.5 Å². The van der Waals surface area contributed by atoms with E-state index in [9.17, 15) is 59.4 Å². The molecule has 7 aliphatic heterocycles. The number of ether oxygens (including phenoxy) is 6. The largest absolute Gasteiger partial charge is 1.00 e. The summed E-state index contributed by atoms with van der Waals surface area (Å²) in [6.07, 6.45) is 7.98. The number of nitrogens with two attached hydrogens (primary N) is 1. The smallest absolute Gasteiger partial charge is 0.870 e. The predicted octanol–water partition coefficient (Wildman–Crippen LogP) is 13.9. The number of benzene rings is 4. The molecule has 0 radical (unpaired) electrons. The molecule has 9 N–H and O–H groups in total. The Bertz CT molecular complexity index is 6220. The third-order valence-corrected chi connectivity index (χ3v) is 25.4. The summed E-state index contributed by atoms with van der Waals surface area (Å²) in [5, 5.41) is 52.8. The van der Waals surface area contributed by atoms with Gasteiger partial charge in [0.05, 0.1) is 150 Å². The first-order chi connectivity index (χ1) is 67.1. The number of halogens is 13. The molecule has 143 heavy (non-hydrogen) atoms. The normalized spacial score (nSPS) is 16.3. The summed E-state index contributed by atoms with van der Waals surface area (Å²) in [6, 6.07) is 50.7. The van der Waals surface area contributed by atoms with Gasteiger partial charge in [-0.3, -0.25) is 54.1 Å². The van der Waals surface area contributed by atoms with Gasteiger partial charge in [-0.1, -0.05) is 12.1 Å². The van der Waals surface area contributed by atoms with Gasteiger partial charge in [-0.2, -0.15) is 28.1 Å². The standard InChI is InChI=1S/C22H20FN3O3.C21H24BFN2O4.C15H12BrFN2O2.C9H7BrN2O.C9H8BrNO3.C7H5BrF3NO.C6H6FN.C5H3BrFN.C4H5NO.Na.H2O/c1-14-8-16(11-27)19(10-24-14)15-2-7-20(25-9-15)22(12-29-13-22)21(28)26-18-5-3-17(23)4-6-18;1-19(2)20(3,4)29-22(28-19)14-5-10-17(24-11-14)21(12-27-13-21)18(26)25-16-8-6-15(23)7-9-16;16-10-1-6-13(18-7-10)15(8-21-9-15)14(20)19-12-4-2-11(17)3-5-12;10-7-1-2-8(12-3-7)9(4-11)5-13-6-9;10-6-1-2-7(11-3-6)9(8(12)13)4-14-5-9;8-5-2-12-6(7(9,10)11)1-4(5)3-13;7-5-1-3-6(8)4-2-5;6-4-1-2-5(7)8-3-4;5-1-4-2-6-3-4;;/h2-10,27H,11-13H2,1H3,(H,26,28);5-11H,12-13H2,1-4H3,(H,25,26);1-7H,8-9H2,(H,19,20);1-3H,5-6H2;1-3H,4-5H2,(H,12,13);1-2,13H,3H2;1-4H,8H2;1-3H;4H,2-3H2;;1H2/q;;;;;;;;;+1;/p-1. The number of anilines is 4. The number of carbonyl (C=O) groups excluding carboxylic acids is 3. The topological polar surface area (TPSA) is 446 Å². The number of pyridine rings is 8. The molecule has 19 rings (SSSR count). The van der Waals surface area contributed by atoms with Crippen molar-refractivity contribution >= 4 is 139 Å². The van der Waals surface area contributed by atoms with E-state index in [2.05, 4.69) is 148 Å². The molecule has 0 aliphatic carbocycles. The maximum atomic E-state index is 13.1. The Balaban J connectivity index is 0.000000187. The fourth-order valence-electron chi connectivity index (χ4n) is 13.2. The molecule has 0 spiro atoms. The van der Waals surface area contributed by atoms with Crippen molar-refractivity contribution < 1.29 is 142 Å². The quantitative estimate of drug-likeness (QED) is 0.0204. The molecule has 30 nitrogen and oxygen atoms in total. The van der Waals surface area contributed by atoms with E-state index in [1.807, 2.05) is 77.1 Å². The zero-order valence-corrected chi connectivity index (χ0v) is 87.1. The van der Waals surface area contributed by atoms with Crippen LogP contribution in [0.2, 0.25) is 0 Å². The fourth-order valence-corrected chi connectivity index (χ4v) is 14.5. The van der Waals surface area contributed by atoms with E-state index < -0.39 is 75.8 Å². The van der Waals surface area contributed by atoms with Crippen molar-refractivity contribution in [1.29, 1.82) is 10.5 Å². The summed E-state index contributed by atoms with van der Waals surface area (Å²) in [6.45, 7) is 13.4. The average Bonchev–Trinajstić information content (AvgIpc) is 1.70. The summed E-state index contributed by atoms with van der Waals surface area (Å²) < 4.78 is 146. The van der Waals surface area contributed by atoms with E-state index in [0.717, 1.165) is 63.7 Å². The molecule has 7 saturated heterocycles. The molecule has 15 heterocycles. The summed E-state index contributed by atoms with van der Waals surface area (Å²) in [5.41, 5.74) is 8.96. The van der Waals surface area contributed by atoms with Crippen LogP contribution in [0, 0.1) is 64.7 Å². The molecule has 0 saturated carbocycles. The van der Waals surface area contributed by atoms with Crippen LogP contribution in [0.3, 0.4) is 0 Å². The maximum absolute atomic E-state index is 13.1. The van der Waals surface area contributed by atoms with Crippen LogP contribution in [-0.2, 0) is 103 Å². The molecule has 0 atom stereocenters. The molecule has 0 unspecified atom stereocenters. The first-order valence-corrected chi connectivity index (χ1v) is 46.6. The van der Waals surface area contributed by atoms with Gasteiger partial charge in [0, 0.05) is 117 Å². The second kappa shape index (κ2) is 52.3. The molecular formula is C98H91BBr5F8N14NaO16. The zero-order chi connectivity index (χ0) is 102. The van der Waals surface area contributed by atoms with Crippen LogP contribution < -0.4 is 56.7 Å². The number of aliphatic hydroxyl groups is 2. The van der Waals surface area contributed by atoms with Crippen LogP contribution in [0.4, 0.5) is 57.9 Å². The summed E-state index contributed by atoms with van der Waals surface area (Å²) in [7, 11) is -0.511. The van der Waals surface area contributed by atoms with Gasteiger partial charge in [-0.05, 0) is 295 Å². The molecule has 3 amide bonds. The van der Waals surface area contributed by atoms with Crippen LogP contribution in [-0.4, -0.2) is 182 Å². The number of hydrogen-bond acceptors (Lipinski definition) is 26. The Morgan fingerprint density at radius 2 is 0.825 bits per heavy atom. The number of carboxylic acids is 1. The third kappa shape index (κ3) is 30.2. The minimum Gasteiger partial charge on any atom is -0.870 e. The number of nitrogen functional groups attached to an aromatic ring is 1. The number of amides is 3. The first kappa shape index (κ1) is 116. The second-order valence-corrected chi connectivity index (χ2v) is 37.9. The number of aromatic nitrogens is 8. The van der Waals surface area contributed by atoms with E-state index in [-0.39, 0.29) is 147 Å². The van der Waals surface area contributed by atoms with Crippen LogP contribution >= 0.6 is 79.6 Å². The van der Waals surface area contributed by atoms with Crippen molar-refractivity contribution in [3.05, 3.63) is 334 Å². The van der Waals surface area contributed by atoms with Crippen molar-refractivity contribution in [1.82, 2.24) is 39.9 Å². The van der Waals surface area contributed by atoms with E-state index in [0.29, 0.717) is 76.4 Å². The molecule has 0 bridgehead atoms. The van der Waals surface area contributed by atoms with Gasteiger partial charge in [0.15, 0.2) is 5.41 Å². The van der Waals surface area contributed by atoms with Crippen LogP contribution in [0.5, 0.6) is 0 Å². The summed E-state index contributed by atoms with van der Waals surface area (Å²) >= 11 is 15.9. The fraction of sp³-hybridized carbons (Fsp3) is 0.286. The van der Waals surface area contributed by atoms with Gasteiger partial charge in [-0.15, -0.1) is 0 Å². The van der Waals surface area contributed by atoms with Crippen molar-refractivity contribution in [2.75, 3.05) is 101 Å². The van der Waals surface area contributed by atoms with Crippen LogP contribution in [0.15, 0.2) is 254 Å². The van der Waals surface area contributed by atoms with Gasteiger partial charge in [0.1, 0.15) is 50.6 Å². The predicted molar refractivity (Wildman–Crippen MR) is 522 cm³/mol. The summed E-state index contributed by atoms with van der Waals surface area (Å²) in [5.74, 6) is -3.12. The van der Waals surface area contributed by atoms with Crippen molar-refractivity contribution in [3.8, 4) is 23.3 Å². The van der Waals surface area contributed by atoms with Gasteiger partial charge in [0.2, 0.25) is 23.7 Å². The number of rotatable bonds is 16.